The summed E-state index contributed by atoms with van der Waals surface area (Å²) in [4.78, 5) is 30.0. The van der Waals surface area contributed by atoms with Crippen LogP contribution in [0.15, 0.2) is 53.7 Å². The third-order valence-corrected chi connectivity index (χ3v) is 6.85. The smallest absolute Gasteiger partial charge is 0.352 e. The maximum atomic E-state index is 12.4. The van der Waals surface area contributed by atoms with Crippen LogP contribution in [0.3, 0.4) is 0 Å². The number of amides is 1. The number of carbonyl (C=O) groups is 2. The van der Waals surface area contributed by atoms with Gasteiger partial charge < -0.3 is 5.11 Å². The number of hydrogen-bond acceptors (Lipinski definition) is 4. The van der Waals surface area contributed by atoms with Crippen molar-refractivity contribution in [3.8, 4) is 0 Å². The molecule has 5 nitrogen and oxygen atoms in total. The number of carboxylic acid groups (broad SMARTS) is 1. The summed E-state index contributed by atoms with van der Waals surface area (Å²) in [6, 6.07) is 12.6. The minimum atomic E-state index is -1.03. The fraction of sp³-hybridized carbons (Fsp3) is 0.273. The monoisotopic (exact) mass is 392 g/mol. The Bertz CT molecular complexity index is 1020. The van der Waals surface area contributed by atoms with Crippen LogP contribution < -0.4 is 0 Å². The Hall–Kier alpha value is -2.70. The Balaban J connectivity index is 1.30. The molecule has 0 spiro atoms. The normalized spacial score (nSPS) is 22.6. The van der Waals surface area contributed by atoms with Crippen LogP contribution in [0.4, 0.5) is 0 Å². The molecule has 4 heterocycles. The fourth-order valence-corrected chi connectivity index (χ4v) is 5.41. The van der Waals surface area contributed by atoms with E-state index in [0.717, 1.165) is 36.5 Å². The molecule has 1 aromatic heterocycles. The van der Waals surface area contributed by atoms with Gasteiger partial charge in [-0.05, 0) is 36.1 Å². The molecule has 5 rings (SSSR count). The minimum Gasteiger partial charge on any atom is -0.477 e. The lowest BCUT2D eigenvalue weighted by Gasteiger charge is -2.38. The first-order chi connectivity index (χ1) is 13.6. The zero-order valence-corrected chi connectivity index (χ0v) is 16.1. The van der Waals surface area contributed by atoms with Gasteiger partial charge in [0.1, 0.15) is 5.70 Å². The predicted octanol–water partition coefficient (Wildman–Crippen LogP) is 3.27. The highest BCUT2D eigenvalue weighted by Crippen LogP contribution is 2.40. The second kappa shape index (κ2) is 6.72. The van der Waals surface area contributed by atoms with E-state index in [4.69, 9.17) is 0 Å². The number of benzene rings is 1. The molecule has 1 fully saturated rings. The summed E-state index contributed by atoms with van der Waals surface area (Å²) in [6.07, 6.45) is 5.23. The van der Waals surface area contributed by atoms with E-state index in [0.29, 0.717) is 6.42 Å². The first kappa shape index (κ1) is 17.4. The number of β-lactam (4-membered cyclic amide) rings is 1. The molecular formula is C22H20N2O3S. The molecule has 0 saturated carbocycles. The number of rotatable bonds is 4. The van der Waals surface area contributed by atoms with E-state index in [1.165, 1.54) is 20.9 Å². The third kappa shape index (κ3) is 2.89. The van der Waals surface area contributed by atoms with E-state index in [2.05, 4.69) is 35.2 Å². The second-order valence-corrected chi connectivity index (χ2v) is 8.63. The molecule has 6 heteroatoms. The molecule has 1 atom stereocenters. The summed E-state index contributed by atoms with van der Waals surface area (Å²) >= 11 is 1.76. The van der Waals surface area contributed by atoms with Crippen molar-refractivity contribution in [2.75, 3.05) is 6.54 Å². The van der Waals surface area contributed by atoms with Gasteiger partial charge in [-0.2, -0.15) is 0 Å². The van der Waals surface area contributed by atoms with Gasteiger partial charge in [-0.3, -0.25) is 14.6 Å². The highest BCUT2D eigenvalue weighted by Gasteiger charge is 2.48. The van der Waals surface area contributed by atoms with Crippen molar-refractivity contribution in [3.63, 3.8) is 0 Å². The molecular weight excluding hydrogens is 372 g/mol. The zero-order valence-electron chi connectivity index (χ0n) is 15.3. The van der Waals surface area contributed by atoms with Gasteiger partial charge in [-0.1, -0.05) is 36.4 Å². The molecule has 3 aliphatic heterocycles. The highest BCUT2D eigenvalue weighted by atomic mass is 32.1. The van der Waals surface area contributed by atoms with Gasteiger partial charge in [0.2, 0.25) is 0 Å². The molecule has 1 saturated heterocycles. The minimum absolute atomic E-state index is 0.104. The second-order valence-electron chi connectivity index (χ2n) is 7.46. The zero-order chi connectivity index (χ0) is 19.3. The maximum Gasteiger partial charge on any atom is 0.352 e. The summed E-state index contributed by atoms with van der Waals surface area (Å²) in [6.45, 7) is 2.92. The molecule has 0 aliphatic carbocycles. The van der Waals surface area contributed by atoms with E-state index in [-0.39, 0.29) is 17.6 Å². The molecule has 0 unspecified atom stereocenters. The van der Waals surface area contributed by atoms with E-state index in [9.17, 15) is 14.7 Å². The topological polar surface area (TPSA) is 60.9 Å². The van der Waals surface area contributed by atoms with Crippen molar-refractivity contribution in [1.29, 1.82) is 0 Å². The third-order valence-electron chi connectivity index (χ3n) is 5.66. The molecule has 1 aromatic carbocycles. The van der Waals surface area contributed by atoms with Gasteiger partial charge >= 0.3 is 5.97 Å². The van der Waals surface area contributed by atoms with Gasteiger partial charge in [-0.25, -0.2) is 4.79 Å². The Morgan fingerprint density at radius 1 is 1.29 bits per heavy atom. The van der Waals surface area contributed by atoms with Crippen LogP contribution in [0, 0.1) is 0 Å². The Kier molecular flexibility index (Phi) is 4.18. The van der Waals surface area contributed by atoms with E-state index in [1.54, 1.807) is 17.4 Å². The lowest BCUT2D eigenvalue weighted by Crippen LogP contribution is -2.52. The summed E-state index contributed by atoms with van der Waals surface area (Å²) in [5.74, 6) is -1.20. The standard InChI is InChI=1S/C22H20N2O3S/c25-21-17(18-6-7-19(22(26)27)24(18)21)11-16-10-15-13-23(9-8-20(15)28-16)12-14-4-2-1-3-5-14/h1-5,7,10-11,18H,6,8-9,12-13H2,(H,26,27)/t18-/m1/s1. The molecule has 3 aliphatic rings. The summed E-state index contributed by atoms with van der Waals surface area (Å²) in [7, 11) is 0. The summed E-state index contributed by atoms with van der Waals surface area (Å²) in [5, 5.41) is 9.19. The highest BCUT2D eigenvalue weighted by molar-refractivity contribution is 7.13. The van der Waals surface area contributed by atoms with Crippen molar-refractivity contribution in [2.24, 2.45) is 0 Å². The van der Waals surface area contributed by atoms with Gasteiger partial charge in [0.25, 0.3) is 5.91 Å². The average molecular weight is 392 g/mol. The predicted molar refractivity (Wildman–Crippen MR) is 108 cm³/mol. The molecule has 142 valence electrons. The summed E-state index contributed by atoms with van der Waals surface area (Å²) in [5.41, 5.74) is 3.52. The van der Waals surface area contributed by atoms with Crippen LogP contribution >= 0.6 is 11.3 Å². The van der Waals surface area contributed by atoms with Crippen LogP contribution in [0.2, 0.25) is 0 Å². The van der Waals surface area contributed by atoms with Crippen LogP contribution in [0.25, 0.3) is 6.08 Å². The quantitative estimate of drug-likeness (QED) is 0.641. The maximum absolute atomic E-state index is 12.4. The number of aliphatic carboxylic acids is 1. The number of hydrogen-bond donors (Lipinski definition) is 1. The lowest BCUT2D eigenvalue weighted by atomic mass is 9.94. The van der Waals surface area contributed by atoms with Crippen LogP contribution in [0.5, 0.6) is 0 Å². The molecule has 1 amide bonds. The number of carbonyl (C=O) groups excluding carboxylic acids is 1. The van der Waals surface area contributed by atoms with Gasteiger partial charge in [-0.15, -0.1) is 11.3 Å². The van der Waals surface area contributed by atoms with E-state index in [1.807, 2.05) is 12.1 Å². The van der Waals surface area contributed by atoms with Crippen molar-refractivity contribution < 1.29 is 14.7 Å². The van der Waals surface area contributed by atoms with Gasteiger partial charge in [0, 0.05) is 35.0 Å². The molecule has 0 radical (unpaired) electrons. The van der Waals surface area contributed by atoms with Crippen LogP contribution in [-0.4, -0.2) is 39.4 Å². The molecule has 0 bridgehead atoms. The molecule has 28 heavy (non-hydrogen) atoms. The van der Waals surface area contributed by atoms with Crippen molar-refractivity contribution in [3.05, 3.63) is 74.6 Å². The fourth-order valence-electron chi connectivity index (χ4n) is 4.29. The van der Waals surface area contributed by atoms with Crippen molar-refractivity contribution in [2.45, 2.75) is 32.0 Å². The van der Waals surface area contributed by atoms with E-state index < -0.39 is 5.97 Å². The Morgan fingerprint density at radius 3 is 2.89 bits per heavy atom. The number of fused-ring (bicyclic) bond motifs is 2. The first-order valence-electron chi connectivity index (χ1n) is 9.46. The Labute approximate surface area is 167 Å². The number of thiophene rings is 1. The molecule has 2 aromatic rings. The lowest BCUT2D eigenvalue weighted by molar-refractivity contribution is -0.142. The first-order valence-corrected chi connectivity index (χ1v) is 10.3. The van der Waals surface area contributed by atoms with Crippen LogP contribution in [0.1, 0.15) is 27.3 Å². The largest absolute Gasteiger partial charge is 0.477 e. The van der Waals surface area contributed by atoms with Crippen LogP contribution in [-0.2, 0) is 29.1 Å². The number of carboxylic acids is 1. The molecule has 1 N–H and O–H groups in total. The van der Waals surface area contributed by atoms with Gasteiger partial charge in [0.15, 0.2) is 0 Å². The Morgan fingerprint density at radius 2 is 2.11 bits per heavy atom. The van der Waals surface area contributed by atoms with Gasteiger partial charge in [0.05, 0.1) is 6.04 Å². The average Bonchev–Trinajstić information content (AvgIpc) is 3.28. The van der Waals surface area contributed by atoms with Crippen molar-refractivity contribution in [1.82, 2.24) is 9.80 Å². The summed E-state index contributed by atoms with van der Waals surface area (Å²) < 4.78 is 0. The van der Waals surface area contributed by atoms with Crippen molar-refractivity contribution >= 4 is 29.3 Å². The van der Waals surface area contributed by atoms with E-state index >= 15 is 0 Å². The number of nitrogens with zero attached hydrogens (tertiary/aromatic N) is 2. The SMILES string of the molecule is O=C(O)C1=CC[C@@H]2C(=Cc3cc4c(s3)CCN(Cc3ccccc3)C4)C(=O)N12.